The van der Waals surface area contributed by atoms with Crippen molar-refractivity contribution in [1.82, 2.24) is 15.6 Å². The largest absolute Gasteiger partial charge is 0.357 e. The van der Waals surface area contributed by atoms with E-state index in [0.717, 1.165) is 24.6 Å². The molecule has 1 aromatic heterocycles. The molecule has 2 unspecified atom stereocenters. The lowest BCUT2D eigenvalue weighted by Gasteiger charge is -2.24. The molecule has 0 fully saturated rings. The summed E-state index contributed by atoms with van der Waals surface area (Å²) in [5, 5.41) is 10.1. The summed E-state index contributed by atoms with van der Waals surface area (Å²) in [5.74, 6) is 1.25. The molecular formula is C19H28N4S. The highest BCUT2D eigenvalue weighted by molar-refractivity contribution is 7.09. The van der Waals surface area contributed by atoms with Gasteiger partial charge in [0, 0.05) is 23.9 Å². The zero-order valence-electron chi connectivity index (χ0n) is 15.0. The van der Waals surface area contributed by atoms with Crippen LogP contribution < -0.4 is 10.6 Å². The van der Waals surface area contributed by atoms with Crippen molar-refractivity contribution in [3.8, 4) is 0 Å². The van der Waals surface area contributed by atoms with Crippen LogP contribution in [0.15, 0.2) is 40.7 Å². The molecule has 0 saturated heterocycles. The van der Waals surface area contributed by atoms with Gasteiger partial charge in [-0.05, 0) is 25.8 Å². The first kappa shape index (κ1) is 18.5. The molecule has 0 radical (unpaired) electrons. The number of guanidine groups is 1. The average molecular weight is 345 g/mol. The van der Waals surface area contributed by atoms with Crippen molar-refractivity contribution >= 4 is 17.3 Å². The molecule has 24 heavy (non-hydrogen) atoms. The number of aromatic nitrogens is 1. The Morgan fingerprint density at radius 1 is 1.21 bits per heavy atom. The molecule has 0 bridgehead atoms. The number of nitrogens with one attached hydrogen (secondary N) is 2. The summed E-state index contributed by atoms with van der Waals surface area (Å²) in [4.78, 5) is 9.26. The standard InChI is InChI=1S/C19H28N4S/c1-5-18-23-17(13-24-18)12-21-19(20-6-2)22-15(4)14(3)16-10-8-7-9-11-16/h7-11,13-15H,5-6,12H2,1-4H3,(H2,20,21,22). The van der Waals surface area contributed by atoms with Crippen LogP contribution in [0, 0.1) is 0 Å². The van der Waals surface area contributed by atoms with Gasteiger partial charge in [0.1, 0.15) is 0 Å². The van der Waals surface area contributed by atoms with Crippen LogP contribution >= 0.6 is 11.3 Å². The molecule has 2 N–H and O–H groups in total. The minimum Gasteiger partial charge on any atom is -0.357 e. The van der Waals surface area contributed by atoms with E-state index in [4.69, 9.17) is 0 Å². The van der Waals surface area contributed by atoms with Crippen molar-refractivity contribution in [2.24, 2.45) is 4.99 Å². The van der Waals surface area contributed by atoms with Gasteiger partial charge in [0.05, 0.1) is 17.2 Å². The summed E-state index contributed by atoms with van der Waals surface area (Å²) in [6.07, 6.45) is 0.984. The minimum atomic E-state index is 0.284. The fourth-order valence-corrected chi connectivity index (χ4v) is 3.19. The van der Waals surface area contributed by atoms with Crippen molar-refractivity contribution in [1.29, 1.82) is 0 Å². The summed E-state index contributed by atoms with van der Waals surface area (Å²) >= 11 is 1.71. The molecule has 4 nitrogen and oxygen atoms in total. The number of aliphatic imine (C=N–C) groups is 1. The van der Waals surface area contributed by atoms with E-state index in [1.54, 1.807) is 11.3 Å². The summed E-state index contributed by atoms with van der Waals surface area (Å²) in [6.45, 7) is 10.1. The number of hydrogen-bond donors (Lipinski definition) is 2. The molecule has 1 heterocycles. The Morgan fingerprint density at radius 3 is 2.58 bits per heavy atom. The Bertz CT molecular complexity index is 636. The molecule has 0 amide bonds. The Morgan fingerprint density at radius 2 is 1.96 bits per heavy atom. The van der Waals surface area contributed by atoms with Crippen LogP contribution in [0.1, 0.15) is 49.9 Å². The van der Waals surface area contributed by atoms with Crippen LogP contribution in [0.3, 0.4) is 0 Å². The van der Waals surface area contributed by atoms with Gasteiger partial charge in [0.25, 0.3) is 0 Å². The second kappa shape index (κ2) is 9.42. The van der Waals surface area contributed by atoms with Crippen molar-refractivity contribution < 1.29 is 0 Å². The zero-order chi connectivity index (χ0) is 17.4. The van der Waals surface area contributed by atoms with E-state index < -0.39 is 0 Å². The molecule has 0 spiro atoms. The van der Waals surface area contributed by atoms with Gasteiger partial charge in [0.15, 0.2) is 5.96 Å². The Kier molecular flexibility index (Phi) is 7.25. The molecule has 2 aromatic rings. The Labute approximate surface area is 149 Å². The van der Waals surface area contributed by atoms with E-state index in [1.807, 2.05) is 0 Å². The predicted octanol–water partition coefficient (Wildman–Crippen LogP) is 3.95. The second-order valence-electron chi connectivity index (χ2n) is 5.91. The summed E-state index contributed by atoms with van der Waals surface area (Å²) in [7, 11) is 0. The van der Waals surface area contributed by atoms with Gasteiger partial charge in [-0.15, -0.1) is 11.3 Å². The van der Waals surface area contributed by atoms with Gasteiger partial charge in [-0.2, -0.15) is 0 Å². The normalized spacial score (nSPS) is 14.2. The molecule has 130 valence electrons. The minimum absolute atomic E-state index is 0.284. The smallest absolute Gasteiger partial charge is 0.191 e. The van der Waals surface area contributed by atoms with Crippen LogP contribution in [0.2, 0.25) is 0 Å². The lowest BCUT2D eigenvalue weighted by Crippen LogP contribution is -2.44. The van der Waals surface area contributed by atoms with E-state index in [-0.39, 0.29) is 6.04 Å². The van der Waals surface area contributed by atoms with E-state index in [2.05, 4.69) is 84.0 Å². The number of aryl methyl sites for hydroxylation is 1. The van der Waals surface area contributed by atoms with E-state index >= 15 is 0 Å². The molecule has 5 heteroatoms. The van der Waals surface area contributed by atoms with Gasteiger partial charge in [-0.25, -0.2) is 9.98 Å². The third-order valence-electron chi connectivity index (χ3n) is 4.08. The summed E-state index contributed by atoms with van der Waals surface area (Å²) in [6, 6.07) is 10.9. The fraction of sp³-hybridized carbons (Fsp3) is 0.474. The van der Waals surface area contributed by atoms with Gasteiger partial charge in [0.2, 0.25) is 0 Å². The number of benzene rings is 1. The lowest BCUT2D eigenvalue weighted by molar-refractivity contribution is 0.550. The third-order valence-corrected chi connectivity index (χ3v) is 5.13. The first-order valence-electron chi connectivity index (χ1n) is 8.67. The molecular weight excluding hydrogens is 316 g/mol. The molecule has 2 atom stereocenters. The topological polar surface area (TPSA) is 49.3 Å². The molecule has 0 saturated carbocycles. The van der Waals surface area contributed by atoms with Crippen molar-refractivity contribution in [3.63, 3.8) is 0 Å². The quantitative estimate of drug-likeness (QED) is 0.590. The van der Waals surface area contributed by atoms with Crippen molar-refractivity contribution in [2.45, 2.75) is 52.6 Å². The molecule has 0 aliphatic carbocycles. The van der Waals surface area contributed by atoms with Crippen LogP contribution in [0.25, 0.3) is 0 Å². The number of hydrogen-bond acceptors (Lipinski definition) is 3. The highest BCUT2D eigenvalue weighted by Crippen LogP contribution is 2.18. The molecule has 0 aliphatic rings. The second-order valence-corrected chi connectivity index (χ2v) is 6.86. The zero-order valence-corrected chi connectivity index (χ0v) is 15.9. The van der Waals surface area contributed by atoms with E-state index in [9.17, 15) is 0 Å². The predicted molar refractivity (Wildman–Crippen MR) is 104 cm³/mol. The van der Waals surface area contributed by atoms with E-state index in [0.29, 0.717) is 12.5 Å². The maximum Gasteiger partial charge on any atom is 0.191 e. The maximum atomic E-state index is 4.69. The molecule has 1 aromatic carbocycles. The molecule has 2 rings (SSSR count). The van der Waals surface area contributed by atoms with Crippen LogP contribution in [-0.2, 0) is 13.0 Å². The Hall–Kier alpha value is -1.88. The first-order chi connectivity index (χ1) is 11.6. The van der Waals surface area contributed by atoms with Crippen LogP contribution in [0.5, 0.6) is 0 Å². The van der Waals surface area contributed by atoms with Crippen LogP contribution in [0.4, 0.5) is 0 Å². The number of thiazole rings is 1. The van der Waals surface area contributed by atoms with Gasteiger partial charge in [-0.1, -0.05) is 44.2 Å². The summed E-state index contributed by atoms with van der Waals surface area (Å²) < 4.78 is 0. The summed E-state index contributed by atoms with van der Waals surface area (Å²) in [5.41, 5.74) is 2.37. The van der Waals surface area contributed by atoms with Gasteiger partial charge < -0.3 is 10.6 Å². The number of rotatable bonds is 7. The van der Waals surface area contributed by atoms with Crippen molar-refractivity contribution in [2.75, 3.05) is 6.54 Å². The van der Waals surface area contributed by atoms with E-state index in [1.165, 1.54) is 10.6 Å². The van der Waals surface area contributed by atoms with Crippen molar-refractivity contribution in [3.05, 3.63) is 52.0 Å². The van der Waals surface area contributed by atoms with Crippen LogP contribution in [-0.4, -0.2) is 23.5 Å². The highest BCUT2D eigenvalue weighted by Gasteiger charge is 2.15. The number of nitrogens with zero attached hydrogens (tertiary/aromatic N) is 2. The monoisotopic (exact) mass is 344 g/mol. The average Bonchev–Trinajstić information content (AvgIpc) is 3.08. The lowest BCUT2D eigenvalue weighted by atomic mass is 9.94. The first-order valence-corrected chi connectivity index (χ1v) is 9.55. The third kappa shape index (κ3) is 5.34. The molecule has 0 aliphatic heterocycles. The Balaban J connectivity index is 2.00. The fourth-order valence-electron chi connectivity index (χ4n) is 2.45. The SMILES string of the molecule is CCNC(=NCc1csc(CC)n1)NC(C)C(C)c1ccccc1. The highest BCUT2D eigenvalue weighted by atomic mass is 32.1. The van der Waals surface area contributed by atoms with Gasteiger partial charge in [-0.3, -0.25) is 0 Å². The maximum absolute atomic E-state index is 4.69. The van der Waals surface area contributed by atoms with Gasteiger partial charge >= 0.3 is 0 Å².